The maximum Gasteiger partial charge on any atom is 0.113 e. The average Bonchev–Trinajstić information content (AvgIpc) is 2.84. The smallest absolute Gasteiger partial charge is 0.113 e. The van der Waals surface area contributed by atoms with E-state index in [1.54, 1.807) is 0 Å². The van der Waals surface area contributed by atoms with Gasteiger partial charge in [0.05, 0.1) is 11.2 Å². The van der Waals surface area contributed by atoms with Crippen LogP contribution in [0.1, 0.15) is 55.1 Å². The number of nitrogens with zero attached hydrogens (tertiary/aromatic N) is 1. The van der Waals surface area contributed by atoms with Crippen LogP contribution < -0.4 is 5.73 Å². The molecular weight excluding hydrogens is 228 g/mol. The second kappa shape index (κ2) is 4.06. The Morgan fingerprint density at radius 1 is 1.29 bits per heavy atom. The molecule has 1 saturated carbocycles. The van der Waals surface area contributed by atoms with Crippen LogP contribution in [0.3, 0.4) is 0 Å². The van der Waals surface area contributed by atoms with Crippen molar-refractivity contribution in [2.45, 2.75) is 57.9 Å². The molecule has 0 radical (unpaired) electrons. The van der Waals surface area contributed by atoms with Crippen molar-refractivity contribution in [2.75, 3.05) is 0 Å². The lowest BCUT2D eigenvalue weighted by atomic mass is 9.72. The molecule has 3 unspecified atom stereocenters. The summed E-state index contributed by atoms with van der Waals surface area (Å²) in [5.41, 5.74) is 7.87. The first kappa shape index (κ1) is 11.7. The minimum Gasteiger partial charge on any atom is -0.319 e. The molecule has 3 heteroatoms. The van der Waals surface area contributed by atoms with E-state index in [0.29, 0.717) is 0 Å². The van der Waals surface area contributed by atoms with Gasteiger partial charge in [0.1, 0.15) is 5.01 Å². The van der Waals surface area contributed by atoms with Crippen LogP contribution in [-0.4, -0.2) is 4.98 Å². The maximum absolute atomic E-state index is 6.64. The van der Waals surface area contributed by atoms with Crippen LogP contribution in [0, 0.1) is 11.8 Å². The Labute approximate surface area is 108 Å². The molecule has 0 aromatic carbocycles. The molecule has 94 valence electrons. The van der Waals surface area contributed by atoms with E-state index in [-0.39, 0.29) is 5.54 Å². The fourth-order valence-corrected chi connectivity index (χ4v) is 4.53. The molecule has 0 bridgehead atoms. The van der Waals surface area contributed by atoms with Gasteiger partial charge in [-0.1, -0.05) is 13.8 Å². The average molecular weight is 250 g/mol. The summed E-state index contributed by atoms with van der Waals surface area (Å²) in [4.78, 5) is 6.35. The standard InChI is InChI=1S/C14H22N2S/c1-9-6-7-14(15,8-10(9)2)13-16-11-4-3-5-12(11)17-13/h9-10H,3-8,15H2,1-2H3. The molecule has 0 aliphatic heterocycles. The van der Waals surface area contributed by atoms with Crippen molar-refractivity contribution in [3.63, 3.8) is 0 Å². The highest BCUT2D eigenvalue weighted by atomic mass is 32.1. The predicted molar refractivity (Wildman–Crippen MR) is 72.2 cm³/mol. The van der Waals surface area contributed by atoms with Gasteiger partial charge in [-0.2, -0.15) is 0 Å². The lowest BCUT2D eigenvalue weighted by Crippen LogP contribution is -2.43. The normalized spacial score (nSPS) is 37.1. The summed E-state index contributed by atoms with van der Waals surface area (Å²) in [5, 5.41) is 1.22. The number of aromatic nitrogens is 1. The second-order valence-electron chi connectivity index (χ2n) is 6.10. The van der Waals surface area contributed by atoms with Crippen LogP contribution in [-0.2, 0) is 18.4 Å². The first-order valence-electron chi connectivity index (χ1n) is 6.86. The molecule has 17 heavy (non-hydrogen) atoms. The van der Waals surface area contributed by atoms with Gasteiger partial charge in [0, 0.05) is 4.88 Å². The molecule has 0 spiro atoms. The number of aryl methyl sites for hydroxylation is 2. The van der Waals surface area contributed by atoms with Gasteiger partial charge in [-0.3, -0.25) is 0 Å². The Hall–Kier alpha value is -0.410. The highest BCUT2D eigenvalue weighted by Crippen LogP contribution is 2.43. The SMILES string of the molecule is CC1CCC(N)(c2nc3c(s2)CCC3)CC1C. The molecule has 2 nitrogen and oxygen atoms in total. The lowest BCUT2D eigenvalue weighted by Gasteiger charge is -2.38. The molecule has 1 heterocycles. The van der Waals surface area contributed by atoms with Crippen LogP contribution in [0.2, 0.25) is 0 Å². The van der Waals surface area contributed by atoms with Gasteiger partial charge < -0.3 is 5.73 Å². The molecule has 2 N–H and O–H groups in total. The third kappa shape index (κ3) is 1.93. The number of nitrogens with two attached hydrogens (primary N) is 1. The van der Waals surface area contributed by atoms with Crippen molar-refractivity contribution < 1.29 is 0 Å². The van der Waals surface area contributed by atoms with Gasteiger partial charge in [-0.05, 0) is 50.4 Å². The van der Waals surface area contributed by atoms with E-state index in [0.717, 1.165) is 24.7 Å². The van der Waals surface area contributed by atoms with Crippen molar-refractivity contribution in [2.24, 2.45) is 17.6 Å². The number of hydrogen-bond acceptors (Lipinski definition) is 3. The topological polar surface area (TPSA) is 38.9 Å². The van der Waals surface area contributed by atoms with Crippen molar-refractivity contribution >= 4 is 11.3 Å². The van der Waals surface area contributed by atoms with Gasteiger partial charge >= 0.3 is 0 Å². The fourth-order valence-electron chi connectivity index (χ4n) is 3.25. The summed E-state index contributed by atoms with van der Waals surface area (Å²) in [6.07, 6.45) is 7.18. The Balaban J connectivity index is 1.87. The largest absolute Gasteiger partial charge is 0.319 e. The number of thiazole rings is 1. The van der Waals surface area contributed by atoms with E-state index in [1.165, 1.54) is 41.3 Å². The lowest BCUT2D eigenvalue weighted by molar-refractivity contribution is 0.176. The Morgan fingerprint density at radius 3 is 2.82 bits per heavy atom. The highest BCUT2D eigenvalue weighted by molar-refractivity contribution is 7.12. The van der Waals surface area contributed by atoms with E-state index in [9.17, 15) is 0 Å². The molecule has 3 atom stereocenters. The minimum atomic E-state index is -0.124. The third-order valence-corrected chi connectivity index (χ3v) is 6.10. The molecule has 1 aromatic rings. The van der Waals surface area contributed by atoms with Crippen LogP contribution in [0.4, 0.5) is 0 Å². The van der Waals surface area contributed by atoms with Crippen molar-refractivity contribution in [3.8, 4) is 0 Å². The van der Waals surface area contributed by atoms with E-state index in [4.69, 9.17) is 10.7 Å². The van der Waals surface area contributed by atoms with E-state index in [1.807, 2.05) is 11.3 Å². The van der Waals surface area contributed by atoms with Crippen LogP contribution in [0.5, 0.6) is 0 Å². The summed E-state index contributed by atoms with van der Waals surface area (Å²) < 4.78 is 0. The van der Waals surface area contributed by atoms with E-state index in [2.05, 4.69) is 13.8 Å². The van der Waals surface area contributed by atoms with E-state index >= 15 is 0 Å². The summed E-state index contributed by atoms with van der Waals surface area (Å²) in [6, 6.07) is 0. The summed E-state index contributed by atoms with van der Waals surface area (Å²) in [5.74, 6) is 1.55. The Morgan fingerprint density at radius 2 is 2.12 bits per heavy atom. The molecule has 0 amide bonds. The molecule has 2 aliphatic rings. The summed E-state index contributed by atoms with van der Waals surface area (Å²) >= 11 is 1.89. The second-order valence-corrected chi connectivity index (χ2v) is 7.18. The van der Waals surface area contributed by atoms with Gasteiger partial charge in [0.15, 0.2) is 0 Å². The highest BCUT2D eigenvalue weighted by Gasteiger charge is 2.39. The van der Waals surface area contributed by atoms with Crippen molar-refractivity contribution in [1.29, 1.82) is 0 Å². The molecular formula is C14H22N2S. The first-order valence-corrected chi connectivity index (χ1v) is 7.68. The summed E-state index contributed by atoms with van der Waals surface area (Å²) in [6.45, 7) is 4.69. The predicted octanol–water partition coefficient (Wildman–Crippen LogP) is 3.24. The van der Waals surface area contributed by atoms with Gasteiger partial charge in [0.25, 0.3) is 0 Å². The van der Waals surface area contributed by atoms with Gasteiger partial charge in [0.2, 0.25) is 0 Å². The molecule has 1 aromatic heterocycles. The van der Waals surface area contributed by atoms with E-state index < -0.39 is 0 Å². The Bertz CT molecular complexity index is 404. The quantitative estimate of drug-likeness (QED) is 0.831. The number of rotatable bonds is 1. The van der Waals surface area contributed by atoms with Crippen molar-refractivity contribution in [1.82, 2.24) is 4.98 Å². The van der Waals surface area contributed by atoms with Crippen LogP contribution in [0.15, 0.2) is 0 Å². The minimum absolute atomic E-state index is 0.124. The number of hydrogen-bond donors (Lipinski definition) is 1. The summed E-state index contributed by atoms with van der Waals surface area (Å²) in [7, 11) is 0. The maximum atomic E-state index is 6.64. The molecule has 2 aliphatic carbocycles. The monoisotopic (exact) mass is 250 g/mol. The third-order valence-electron chi connectivity index (χ3n) is 4.73. The fraction of sp³-hybridized carbons (Fsp3) is 0.786. The first-order chi connectivity index (χ1) is 8.08. The van der Waals surface area contributed by atoms with Crippen molar-refractivity contribution in [3.05, 3.63) is 15.6 Å². The zero-order valence-electron chi connectivity index (χ0n) is 10.8. The van der Waals surface area contributed by atoms with Gasteiger partial charge in [-0.25, -0.2) is 4.98 Å². The van der Waals surface area contributed by atoms with Crippen LogP contribution in [0.25, 0.3) is 0 Å². The van der Waals surface area contributed by atoms with Crippen LogP contribution >= 0.6 is 11.3 Å². The number of fused-ring (bicyclic) bond motifs is 1. The van der Waals surface area contributed by atoms with Gasteiger partial charge in [-0.15, -0.1) is 11.3 Å². The zero-order valence-corrected chi connectivity index (χ0v) is 11.6. The zero-order chi connectivity index (χ0) is 12.0. The molecule has 1 fully saturated rings. The Kier molecular flexibility index (Phi) is 2.79. The molecule has 3 rings (SSSR count). The molecule has 0 saturated heterocycles.